The van der Waals surface area contributed by atoms with E-state index < -0.39 is 6.10 Å². The van der Waals surface area contributed by atoms with Gasteiger partial charge in [-0.3, -0.25) is 9.58 Å². The van der Waals surface area contributed by atoms with Crippen LogP contribution < -0.4 is 4.74 Å². The number of aromatic nitrogens is 2. The van der Waals surface area contributed by atoms with Crippen LogP contribution in [0.2, 0.25) is 0 Å². The van der Waals surface area contributed by atoms with Crippen LogP contribution in [0.3, 0.4) is 0 Å². The highest BCUT2D eigenvalue weighted by Gasteiger charge is 2.28. The van der Waals surface area contributed by atoms with Gasteiger partial charge in [-0.25, -0.2) is 0 Å². The Morgan fingerprint density at radius 1 is 1.42 bits per heavy atom. The number of rotatable bonds is 6. The third kappa shape index (κ3) is 3.94. The molecule has 2 heterocycles. The van der Waals surface area contributed by atoms with Crippen LogP contribution in [0.1, 0.15) is 30.0 Å². The monoisotopic (exact) mass is 326 g/mol. The molecule has 1 saturated heterocycles. The molecule has 0 aliphatic carbocycles. The van der Waals surface area contributed by atoms with E-state index in [1.807, 2.05) is 24.1 Å². The number of nitrogens with zero attached hydrogens (tertiary/aromatic N) is 4. The normalized spacial score (nSPS) is 19.1. The predicted octanol–water partition coefficient (Wildman–Crippen LogP) is 1.87. The van der Waals surface area contributed by atoms with Crippen molar-refractivity contribution in [1.29, 1.82) is 5.26 Å². The van der Waals surface area contributed by atoms with Gasteiger partial charge >= 0.3 is 0 Å². The van der Waals surface area contributed by atoms with Gasteiger partial charge in [-0.1, -0.05) is 0 Å². The number of hydrogen-bond donors (Lipinski definition) is 1. The minimum absolute atomic E-state index is 0.238. The number of ether oxygens (including phenoxy) is 1. The maximum absolute atomic E-state index is 10.3. The highest BCUT2D eigenvalue weighted by molar-refractivity contribution is 5.34. The summed E-state index contributed by atoms with van der Waals surface area (Å²) in [5.41, 5.74) is 1.80. The molecule has 0 spiro atoms. The zero-order chi connectivity index (χ0) is 16.9. The van der Waals surface area contributed by atoms with Crippen molar-refractivity contribution in [2.45, 2.75) is 25.0 Å². The first-order valence-corrected chi connectivity index (χ1v) is 8.19. The van der Waals surface area contributed by atoms with Gasteiger partial charge in [0.15, 0.2) is 0 Å². The van der Waals surface area contributed by atoms with Crippen LogP contribution in [0.25, 0.3) is 0 Å². The molecule has 2 atom stereocenters. The van der Waals surface area contributed by atoms with Crippen molar-refractivity contribution in [2.24, 2.45) is 7.05 Å². The minimum Gasteiger partial charge on any atom is -0.491 e. The average molecular weight is 326 g/mol. The Kier molecular flexibility index (Phi) is 5.14. The lowest BCUT2D eigenvalue weighted by molar-refractivity contribution is 0.0638. The molecule has 0 amide bonds. The van der Waals surface area contributed by atoms with Crippen LogP contribution in [-0.2, 0) is 7.05 Å². The summed E-state index contributed by atoms with van der Waals surface area (Å²) in [5.74, 6) is 0.665. The summed E-state index contributed by atoms with van der Waals surface area (Å²) >= 11 is 0. The molecular formula is C18H22N4O2. The van der Waals surface area contributed by atoms with Crippen molar-refractivity contribution in [1.82, 2.24) is 14.7 Å². The largest absolute Gasteiger partial charge is 0.491 e. The quantitative estimate of drug-likeness (QED) is 0.877. The van der Waals surface area contributed by atoms with Gasteiger partial charge in [0.05, 0.1) is 17.8 Å². The number of aliphatic hydroxyl groups excluding tert-OH is 1. The van der Waals surface area contributed by atoms with Crippen molar-refractivity contribution >= 4 is 0 Å². The second-order valence-corrected chi connectivity index (χ2v) is 6.20. The van der Waals surface area contributed by atoms with Gasteiger partial charge in [-0.15, -0.1) is 0 Å². The Balaban J connectivity index is 1.52. The highest BCUT2D eigenvalue weighted by Crippen LogP contribution is 2.31. The molecule has 24 heavy (non-hydrogen) atoms. The van der Waals surface area contributed by atoms with Crippen LogP contribution in [-0.4, -0.2) is 45.6 Å². The molecule has 1 aliphatic rings. The number of nitriles is 1. The second kappa shape index (κ2) is 7.47. The predicted molar refractivity (Wildman–Crippen MR) is 89.4 cm³/mol. The standard InChI is InChI=1S/C18H22N4O2/c1-21-11-15(10-20-21)18-3-2-8-22(18)12-16(23)13-24-17-6-4-14(9-19)5-7-17/h4-7,10-11,16,18,23H,2-3,8,12-13H2,1H3. The van der Waals surface area contributed by atoms with Crippen LogP contribution in [0, 0.1) is 11.3 Å². The van der Waals surface area contributed by atoms with Crippen LogP contribution in [0.4, 0.5) is 0 Å². The Hall–Kier alpha value is -2.36. The summed E-state index contributed by atoms with van der Waals surface area (Å²) < 4.78 is 7.44. The summed E-state index contributed by atoms with van der Waals surface area (Å²) in [5, 5.41) is 23.3. The Morgan fingerprint density at radius 2 is 2.21 bits per heavy atom. The van der Waals surface area contributed by atoms with Crippen LogP contribution in [0.5, 0.6) is 5.75 Å². The van der Waals surface area contributed by atoms with Gasteiger partial charge in [0, 0.05) is 31.4 Å². The fraction of sp³-hybridized carbons (Fsp3) is 0.444. The van der Waals surface area contributed by atoms with Crippen molar-refractivity contribution < 1.29 is 9.84 Å². The molecule has 0 radical (unpaired) electrons. The topological polar surface area (TPSA) is 74.3 Å². The van der Waals surface area contributed by atoms with Crippen molar-refractivity contribution in [3.8, 4) is 11.8 Å². The molecule has 1 aliphatic heterocycles. The number of benzene rings is 1. The van der Waals surface area contributed by atoms with Gasteiger partial charge in [0.1, 0.15) is 18.5 Å². The molecular weight excluding hydrogens is 304 g/mol. The summed E-state index contributed by atoms with van der Waals surface area (Å²) in [4.78, 5) is 2.30. The zero-order valence-electron chi connectivity index (χ0n) is 13.8. The van der Waals surface area contributed by atoms with Gasteiger partial charge in [-0.05, 0) is 43.7 Å². The van der Waals surface area contributed by atoms with E-state index in [9.17, 15) is 5.11 Å². The van der Waals surface area contributed by atoms with Gasteiger partial charge in [0.25, 0.3) is 0 Å². The lowest BCUT2D eigenvalue weighted by atomic mass is 10.1. The fourth-order valence-electron chi connectivity index (χ4n) is 3.18. The summed E-state index contributed by atoms with van der Waals surface area (Å²) in [7, 11) is 1.92. The molecule has 3 rings (SSSR count). The molecule has 1 aromatic carbocycles. The first kappa shape index (κ1) is 16.5. The third-order valence-electron chi connectivity index (χ3n) is 4.34. The summed E-state index contributed by atoms with van der Waals surface area (Å²) in [6.45, 7) is 1.80. The minimum atomic E-state index is -0.557. The molecule has 6 heteroatoms. The summed E-state index contributed by atoms with van der Waals surface area (Å²) in [6, 6.07) is 9.31. The molecule has 0 bridgehead atoms. The Morgan fingerprint density at radius 3 is 2.88 bits per heavy atom. The smallest absolute Gasteiger partial charge is 0.119 e. The van der Waals surface area contributed by atoms with Gasteiger partial charge < -0.3 is 9.84 Å². The lowest BCUT2D eigenvalue weighted by Crippen LogP contribution is -2.35. The maximum Gasteiger partial charge on any atom is 0.119 e. The second-order valence-electron chi connectivity index (χ2n) is 6.20. The summed E-state index contributed by atoms with van der Waals surface area (Å²) in [6.07, 6.45) is 5.61. The van der Waals surface area contributed by atoms with E-state index in [-0.39, 0.29) is 6.61 Å². The Bertz CT molecular complexity index is 705. The first-order valence-electron chi connectivity index (χ1n) is 8.19. The van der Waals surface area contributed by atoms with Crippen molar-refractivity contribution in [3.05, 3.63) is 47.8 Å². The maximum atomic E-state index is 10.3. The molecule has 0 saturated carbocycles. The zero-order valence-corrected chi connectivity index (χ0v) is 13.8. The Labute approximate surface area is 141 Å². The van der Waals surface area contributed by atoms with E-state index in [1.165, 1.54) is 5.56 Å². The molecule has 1 N–H and O–H groups in total. The lowest BCUT2D eigenvalue weighted by Gasteiger charge is -2.26. The highest BCUT2D eigenvalue weighted by atomic mass is 16.5. The van der Waals surface area contributed by atoms with E-state index >= 15 is 0 Å². The van der Waals surface area contributed by atoms with Crippen molar-refractivity contribution in [3.63, 3.8) is 0 Å². The third-order valence-corrected chi connectivity index (χ3v) is 4.34. The van der Waals surface area contributed by atoms with E-state index in [1.54, 1.807) is 24.3 Å². The average Bonchev–Trinajstić information content (AvgIpc) is 3.22. The van der Waals surface area contributed by atoms with Gasteiger partial charge in [-0.2, -0.15) is 10.4 Å². The fourth-order valence-corrected chi connectivity index (χ4v) is 3.18. The molecule has 1 aromatic heterocycles. The van der Waals surface area contributed by atoms with Crippen LogP contribution in [0.15, 0.2) is 36.7 Å². The number of likely N-dealkylation sites (tertiary alicyclic amines) is 1. The van der Waals surface area contributed by atoms with Crippen molar-refractivity contribution in [2.75, 3.05) is 19.7 Å². The van der Waals surface area contributed by atoms with Crippen LogP contribution >= 0.6 is 0 Å². The van der Waals surface area contributed by atoms with E-state index in [0.717, 1.165) is 19.4 Å². The molecule has 1 fully saturated rings. The van der Waals surface area contributed by atoms with E-state index in [0.29, 0.717) is 23.9 Å². The van der Waals surface area contributed by atoms with Gasteiger partial charge in [0.2, 0.25) is 0 Å². The SMILES string of the molecule is Cn1cc(C2CCCN2CC(O)COc2ccc(C#N)cc2)cn1. The number of aliphatic hydroxyl groups is 1. The molecule has 126 valence electrons. The first-order chi connectivity index (χ1) is 11.7. The number of hydrogen-bond acceptors (Lipinski definition) is 5. The molecule has 2 unspecified atom stereocenters. The van der Waals surface area contributed by atoms with E-state index in [2.05, 4.69) is 16.1 Å². The van der Waals surface area contributed by atoms with E-state index in [4.69, 9.17) is 10.00 Å². The molecule has 6 nitrogen and oxygen atoms in total. The number of aryl methyl sites for hydroxylation is 1. The number of β-amino-alcohol motifs (C(OH)–C–C–N with tert-alkyl or cyclic N) is 1. The molecule has 2 aromatic rings.